The minimum atomic E-state index is 0.715. The lowest BCUT2D eigenvalue weighted by atomic mass is 10.1. The molecule has 7 aromatic carbocycles. The van der Waals surface area contributed by atoms with E-state index >= 15 is 0 Å². The third-order valence-electron chi connectivity index (χ3n) is 9.28. The van der Waals surface area contributed by atoms with Crippen molar-refractivity contribution in [2.24, 2.45) is 0 Å². The van der Waals surface area contributed by atoms with Gasteiger partial charge in [0.05, 0.1) is 27.6 Å². The van der Waals surface area contributed by atoms with Gasteiger partial charge in [-0.2, -0.15) is 0 Å². The van der Waals surface area contributed by atoms with Gasteiger partial charge in [-0.3, -0.25) is 4.57 Å². The van der Waals surface area contributed by atoms with Crippen molar-refractivity contribution in [1.82, 2.24) is 19.1 Å². The van der Waals surface area contributed by atoms with Gasteiger partial charge >= 0.3 is 0 Å². The molecule has 0 saturated heterocycles. The Morgan fingerprint density at radius 2 is 0.957 bits per heavy atom. The number of hydrogen-bond acceptors (Lipinski definition) is 2. The van der Waals surface area contributed by atoms with Crippen LogP contribution in [-0.2, 0) is 0 Å². The molecule has 3 heterocycles. The predicted molar refractivity (Wildman–Crippen MR) is 191 cm³/mol. The Labute approximate surface area is 264 Å². The molecule has 0 radical (unpaired) electrons. The van der Waals surface area contributed by atoms with Crippen molar-refractivity contribution in [3.8, 4) is 22.9 Å². The molecule has 0 aliphatic heterocycles. The third-order valence-corrected chi connectivity index (χ3v) is 9.28. The smallest absolute Gasteiger partial charge is 0.162 e. The maximum absolute atomic E-state index is 5.29. The van der Waals surface area contributed by atoms with Gasteiger partial charge in [0.2, 0.25) is 0 Å². The highest BCUT2D eigenvalue weighted by molar-refractivity contribution is 6.15. The van der Waals surface area contributed by atoms with E-state index in [1.54, 1.807) is 0 Å². The molecule has 0 fully saturated rings. The quantitative estimate of drug-likeness (QED) is 0.206. The van der Waals surface area contributed by atoms with Crippen LogP contribution in [0.3, 0.4) is 0 Å². The Bertz CT molecular complexity index is 2750. The SMILES string of the molecule is c1ccc(-c2nc(-n3c4ccc(-n5c6ccccc6c6ccccc65)cc4c4cc5ccccc5cc43)c3ccccc3n2)cc1. The van der Waals surface area contributed by atoms with Crippen LogP contribution in [0.4, 0.5) is 0 Å². The van der Waals surface area contributed by atoms with Gasteiger partial charge in [-0.05, 0) is 65.4 Å². The Hall–Kier alpha value is -6.26. The van der Waals surface area contributed by atoms with Crippen molar-refractivity contribution in [3.05, 3.63) is 158 Å². The second-order valence-corrected chi connectivity index (χ2v) is 11.9. The maximum atomic E-state index is 5.29. The van der Waals surface area contributed by atoms with Gasteiger partial charge in [-0.15, -0.1) is 0 Å². The van der Waals surface area contributed by atoms with Crippen LogP contribution in [0.25, 0.3) is 88.2 Å². The first-order chi connectivity index (χ1) is 22.8. The molecule has 0 unspecified atom stereocenters. The Kier molecular flexibility index (Phi) is 5.25. The number of benzene rings is 7. The summed E-state index contributed by atoms with van der Waals surface area (Å²) in [5, 5.41) is 8.32. The zero-order chi connectivity index (χ0) is 30.2. The highest BCUT2D eigenvalue weighted by Crippen LogP contribution is 2.39. The van der Waals surface area contributed by atoms with Crippen molar-refractivity contribution >= 4 is 65.3 Å². The van der Waals surface area contributed by atoms with Crippen molar-refractivity contribution in [3.63, 3.8) is 0 Å². The number of para-hydroxylation sites is 3. The first-order valence-corrected chi connectivity index (χ1v) is 15.6. The van der Waals surface area contributed by atoms with Crippen LogP contribution < -0.4 is 0 Å². The molecule has 0 saturated carbocycles. The van der Waals surface area contributed by atoms with Crippen LogP contribution in [0.15, 0.2) is 158 Å². The van der Waals surface area contributed by atoms with Gasteiger partial charge < -0.3 is 4.57 Å². The van der Waals surface area contributed by atoms with Gasteiger partial charge in [-0.25, -0.2) is 9.97 Å². The van der Waals surface area contributed by atoms with Crippen molar-refractivity contribution in [1.29, 1.82) is 0 Å². The molecule has 0 amide bonds. The van der Waals surface area contributed by atoms with E-state index in [2.05, 4.69) is 143 Å². The summed E-state index contributed by atoms with van der Waals surface area (Å²) < 4.78 is 4.73. The average molecular weight is 587 g/mol. The fraction of sp³-hybridized carbons (Fsp3) is 0. The molecular weight excluding hydrogens is 560 g/mol. The molecule has 3 aromatic heterocycles. The summed E-state index contributed by atoms with van der Waals surface area (Å²) in [6.45, 7) is 0. The summed E-state index contributed by atoms with van der Waals surface area (Å²) in [7, 11) is 0. The maximum Gasteiger partial charge on any atom is 0.162 e. The molecule has 4 nitrogen and oxygen atoms in total. The lowest BCUT2D eigenvalue weighted by molar-refractivity contribution is 1.07. The van der Waals surface area contributed by atoms with Crippen LogP contribution >= 0.6 is 0 Å². The zero-order valence-electron chi connectivity index (χ0n) is 24.8. The largest absolute Gasteiger partial charge is 0.309 e. The molecule has 4 heteroatoms. The molecule has 0 aliphatic carbocycles. The second kappa shape index (κ2) is 9.62. The van der Waals surface area contributed by atoms with E-state index in [0.29, 0.717) is 5.82 Å². The average Bonchev–Trinajstić information content (AvgIpc) is 3.62. The molecule has 10 rings (SSSR count). The third kappa shape index (κ3) is 3.61. The molecule has 0 spiro atoms. The van der Waals surface area contributed by atoms with Crippen LogP contribution in [0.5, 0.6) is 0 Å². The molecule has 10 aromatic rings. The van der Waals surface area contributed by atoms with E-state index in [9.17, 15) is 0 Å². The highest BCUT2D eigenvalue weighted by atomic mass is 15.1. The fourth-order valence-electron chi connectivity index (χ4n) is 7.21. The summed E-state index contributed by atoms with van der Waals surface area (Å²) in [6.07, 6.45) is 0. The van der Waals surface area contributed by atoms with Gasteiger partial charge in [0.1, 0.15) is 5.82 Å². The van der Waals surface area contributed by atoms with Crippen LogP contribution in [0, 0.1) is 0 Å². The predicted octanol–water partition coefficient (Wildman–Crippen LogP) is 10.6. The van der Waals surface area contributed by atoms with E-state index in [1.807, 2.05) is 24.3 Å². The van der Waals surface area contributed by atoms with Crippen molar-refractivity contribution < 1.29 is 0 Å². The monoisotopic (exact) mass is 586 g/mol. The molecule has 0 aliphatic rings. The molecular formula is C42H26N4. The molecule has 0 N–H and O–H groups in total. The lowest BCUT2D eigenvalue weighted by Crippen LogP contribution is -2.03. The number of rotatable bonds is 3. The van der Waals surface area contributed by atoms with E-state index in [4.69, 9.17) is 9.97 Å². The van der Waals surface area contributed by atoms with Crippen LogP contribution in [-0.4, -0.2) is 19.1 Å². The first kappa shape index (κ1) is 25.1. The lowest BCUT2D eigenvalue weighted by Gasteiger charge is -2.13. The van der Waals surface area contributed by atoms with Crippen LogP contribution in [0.1, 0.15) is 0 Å². The fourth-order valence-corrected chi connectivity index (χ4v) is 7.21. The minimum absolute atomic E-state index is 0.715. The summed E-state index contributed by atoms with van der Waals surface area (Å²) in [5.74, 6) is 1.59. The molecule has 0 bridgehead atoms. The van der Waals surface area contributed by atoms with Crippen molar-refractivity contribution in [2.75, 3.05) is 0 Å². The molecule has 214 valence electrons. The number of fused-ring (bicyclic) bond motifs is 8. The topological polar surface area (TPSA) is 35.6 Å². The standard InChI is InChI=1S/C42H26N4/c1-2-12-27(13-3-1)41-43-36-19-9-6-18-33(36)42(44-41)46-39-23-22-30(26-35(39)34-24-28-14-4-5-15-29(28)25-40(34)46)45-37-20-10-7-16-31(37)32-17-8-11-21-38(32)45/h1-26H. The molecule has 0 atom stereocenters. The number of nitrogens with zero attached hydrogens (tertiary/aromatic N) is 4. The summed E-state index contributed by atoms with van der Waals surface area (Å²) in [6, 6.07) is 56.0. The summed E-state index contributed by atoms with van der Waals surface area (Å²) in [5.41, 5.74) is 7.68. The van der Waals surface area contributed by atoms with Crippen molar-refractivity contribution in [2.45, 2.75) is 0 Å². The normalized spacial score (nSPS) is 11.9. The van der Waals surface area contributed by atoms with E-state index in [0.717, 1.165) is 39.0 Å². The van der Waals surface area contributed by atoms with E-state index < -0.39 is 0 Å². The Morgan fingerprint density at radius 1 is 0.370 bits per heavy atom. The van der Waals surface area contributed by atoms with E-state index in [1.165, 1.54) is 43.4 Å². The van der Waals surface area contributed by atoms with Crippen LogP contribution in [0.2, 0.25) is 0 Å². The molecule has 46 heavy (non-hydrogen) atoms. The van der Waals surface area contributed by atoms with Gasteiger partial charge in [0, 0.05) is 38.2 Å². The minimum Gasteiger partial charge on any atom is -0.309 e. The van der Waals surface area contributed by atoms with Gasteiger partial charge in [0.15, 0.2) is 5.82 Å². The number of hydrogen-bond donors (Lipinski definition) is 0. The number of aromatic nitrogens is 4. The summed E-state index contributed by atoms with van der Waals surface area (Å²) >= 11 is 0. The zero-order valence-corrected chi connectivity index (χ0v) is 24.8. The first-order valence-electron chi connectivity index (χ1n) is 15.6. The Balaban J connectivity index is 1.34. The summed E-state index contributed by atoms with van der Waals surface area (Å²) in [4.78, 5) is 10.3. The highest BCUT2D eigenvalue weighted by Gasteiger charge is 2.20. The second-order valence-electron chi connectivity index (χ2n) is 11.9. The Morgan fingerprint density at radius 3 is 1.72 bits per heavy atom. The van der Waals surface area contributed by atoms with Gasteiger partial charge in [-0.1, -0.05) is 103 Å². The van der Waals surface area contributed by atoms with E-state index in [-0.39, 0.29) is 0 Å². The van der Waals surface area contributed by atoms with Gasteiger partial charge in [0.25, 0.3) is 0 Å².